The summed E-state index contributed by atoms with van der Waals surface area (Å²) in [5.74, 6) is -11.1. The fourth-order valence-electron chi connectivity index (χ4n) is 3.79. The van der Waals surface area contributed by atoms with Crippen molar-refractivity contribution in [2.75, 3.05) is 6.54 Å². The van der Waals surface area contributed by atoms with Crippen molar-refractivity contribution in [1.82, 2.24) is 10.2 Å². The van der Waals surface area contributed by atoms with Crippen LogP contribution in [0.3, 0.4) is 0 Å². The number of nitrogens with two attached hydrogens (primary N) is 1. The van der Waals surface area contributed by atoms with Crippen molar-refractivity contribution in [3.05, 3.63) is 35.9 Å². The first-order chi connectivity index (χ1) is 16.6. The molecule has 4 atom stereocenters. The molecule has 0 aliphatic carbocycles. The summed E-state index contributed by atoms with van der Waals surface area (Å²) >= 11 is 0. The van der Waals surface area contributed by atoms with Gasteiger partial charge in [-0.15, -0.1) is 0 Å². The number of ether oxygens (including phenoxy) is 1. The fourth-order valence-corrected chi connectivity index (χ4v) is 3.79. The summed E-state index contributed by atoms with van der Waals surface area (Å²) in [4.78, 5) is 39.4. The number of alkyl halides is 5. The molecule has 1 aliphatic rings. The summed E-state index contributed by atoms with van der Waals surface area (Å²) < 4.78 is 71.7. The van der Waals surface area contributed by atoms with Crippen molar-refractivity contribution in [1.29, 1.82) is 0 Å². The average molecular weight is 522 g/mol. The van der Waals surface area contributed by atoms with Crippen molar-refractivity contribution in [2.45, 2.75) is 77.1 Å². The molecular weight excluding hydrogens is 489 g/mol. The van der Waals surface area contributed by atoms with Gasteiger partial charge in [-0.1, -0.05) is 58.0 Å². The number of halogens is 5. The lowest BCUT2D eigenvalue weighted by molar-refractivity contribution is -0.270. The van der Waals surface area contributed by atoms with Gasteiger partial charge in [0, 0.05) is 13.0 Å². The third-order valence-electron chi connectivity index (χ3n) is 6.09. The molecule has 0 radical (unpaired) electrons. The summed E-state index contributed by atoms with van der Waals surface area (Å²) in [7, 11) is 0. The molecule has 0 aromatic heterocycles. The van der Waals surface area contributed by atoms with Crippen LogP contribution < -0.4 is 11.1 Å². The Hall–Kier alpha value is -2.60. The predicted octanol–water partition coefficient (Wildman–Crippen LogP) is 3.06. The first-order valence-electron chi connectivity index (χ1n) is 11.6. The number of ketones is 1. The van der Waals surface area contributed by atoms with Gasteiger partial charge in [0.05, 0.1) is 24.8 Å². The Bertz CT molecular complexity index is 924. The van der Waals surface area contributed by atoms with Gasteiger partial charge in [-0.2, -0.15) is 22.0 Å². The van der Waals surface area contributed by atoms with Crippen LogP contribution in [0.5, 0.6) is 0 Å². The Balaban J connectivity index is 2.25. The standard InChI is InChI=1S/C24H32F5N3O4/c1-13(2)18(30)22(35)32-11-16(36-12-15-8-6-5-7-9-15)10-17(32)21(34)31-19(14(3)4)20(33)23(25,26)24(27,28)29/h5-9,13-14,16-19H,10-12,30H2,1-4H3,(H,31,34)/t16-,17+,18+,19?/m1/s1. The maximum absolute atomic E-state index is 13.8. The zero-order valence-electron chi connectivity index (χ0n) is 20.5. The molecular formula is C24H32F5N3O4. The minimum atomic E-state index is -6.11. The second kappa shape index (κ2) is 11.6. The van der Waals surface area contributed by atoms with Crippen molar-refractivity contribution in [3.63, 3.8) is 0 Å². The maximum Gasteiger partial charge on any atom is 0.461 e. The molecule has 1 fully saturated rings. The molecule has 0 bridgehead atoms. The Labute approximate surface area is 206 Å². The van der Waals surface area contributed by atoms with Crippen LogP contribution in [0.2, 0.25) is 0 Å². The fraction of sp³-hybridized carbons (Fsp3) is 0.625. The van der Waals surface area contributed by atoms with Crippen LogP contribution in [-0.4, -0.2) is 65.4 Å². The lowest BCUT2D eigenvalue weighted by Crippen LogP contribution is -2.59. The summed E-state index contributed by atoms with van der Waals surface area (Å²) in [5, 5.41) is 2.03. The minimum absolute atomic E-state index is 0.0385. The molecule has 202 valence electrons. The van der Waals surface area contributed by atoms with Gasteiger partial charge in [0.15, 0.2) is 0 Å². The lowest BCUT2D eigenvalue weighted by Gasteiger charge is -2.31. The van der Waals surface area contributed by atoms with Crippen LogP contribution in [0.15, 0.2) is 30.3 Å². The molecule has 1 saturated heterocycles. The van der Waals surface area contributed by atoms with Gasteiger partial charge in [0.1, 0.15) is 6.04 Å². The van der Waals surface area contributed by atoms with Gasteiger partial charge in [-0.25, -0.2) is 0 Å². The molecule has 7 nitrogen and oxygen atoms in total. The highest BCUT2D eigenvalue weighted by molar-refractivity contribution is 5.97. The summed E-state index contributed by atoms with van der Waals surface area (Å²) in [6.45, 7) is 5.99. The van der Waals surface area contributed by atoms with Crippen molar-refractivity contribution in [3.8, 4) is 0 Å². The molecule has 1 unspecified atom stereocenters. The highest BCUT2D eigenvalue weighted by atomic mass is 19.4. The Morgan fingerprint density at radius 3 is 2.14 bits per heavy atom. The molecule has 1 aromatic carbocycles. The van der Waals surface area contributed by atoms with E-state index in [0.29, 0.717) is 0 Å². The number of amides is 2. The van der Waals surface area contributed by atoms with E-state index in [0.717, 1.165) is 10.5 Å². The topological polar surface area (TPSA) is 102 Å². The van der Waals surface area contributed by atoms with Gasteiger partial charge in [-0.3, -0.25) is 14.4 Å². The maximum atomic E-state index is 13.8. The molecule has 12 heteroatoms. The Morgan fingerprint density at radius 1 is 1.06 bits per heavy atom. The highest BCUT2D eigenvalue weighted by Gasteiger charge is 2.65. The van der Waals surface area contributed by atoms with Crippen LogP contribution in [0.25, 0.3) is 0 Å². The molecule has 2 rings (SSSR count). The monoisotopic (exact) mass is 521 g/mol. The van der Waals surface area contributed by atoms with E-state index in [2.05, 4.69) is 0 Å². The number of benzene rings is 1. The van der Waals surface area contributed by atoms with Gasteiger partial charge < -0.3 is 20.7 Å². The van der Waals surface area contributed by atoms with E-state index in [1.54, 1.807) is 26.0 Å². The smallest absolute Gasteiger partial charge is 0.372 e. The van der Waals surface area contributed by atoms with E-state index >= 15 is 0 Å². The zero-order chi connectivity index (χ0) is 27.4. The number of hydrogen-bond donors (Lipinski definition) is 2. The van der Waals surface area contributed by atoms with Gasteiger partial charge in [0.25, 0.3) is 0 Å². The molecule has 1 aromatic rings. The zero-order valence-corrected chi connectivity index (χ0v) is 20.5. The minimum Gasteiger partial charge on any atom is -0.372 e. The van der Waals surface area contributed by atoms with Crippen LogP contribution in [-0.2, 0) is 25.7 Å². The largest absolute Gasteiger partial charge is 0.461 e. The first kappa shape index (κ1) is 29.6. The van der Waals surface area contributed by atoms with Crippen LogP contribution in [0, 0.1) is 11.8 Å². The highest BCUT2D eigenvalue weighted by Crippen LogP contribution is 2.37. The van der Waals surface area contributed by atoms with E-state index in [1.165, 1.54) is 13.8 Å². The quantitative estimate of drug-likeness (QED) is 0.461. The molecule has 2 amide bonds. The Kier molecular flexibility index (Phi) is 9.58. The number of rotatable bonds is 10. The number of likely N-dealkylation sites (tertiary alicyclic amines) is 1. The molecule has 36 heavy (non-hydrogen) atoms. The molecule has 3 N–H and O–H groups in total. The summed E-state index contributed by atoms with van der Waals surface area (Å²) in [6, 6.07) is 4.69. The van der Waals surface area contributed by atoms with E-state index in [4.69, 9.17) is 10.5 Å². The molecule has 1 aliphatic heterocycles. The molecule has 0 spiro atoms. The van der Waals surface area contributed by atoms with Gasteiger partial charge in [0.2, 0.25) is 17.6 Å². The molecule has 0 saturated carbocycles. The van der Waals surface area contributed by atoms with E-state index < -0.39 is 59.8 Å². The average Bonchev–Trinajstić information content (AvgIpc) is 3.23. The lowest BCUT2D eigenvalue weighted by atomic mass is 9.95. The number of Topliss-reactive ketones (excluding diaryl/α,β-unsaturated/α-hetero) is 1. The number of nitrogens with zero attached hydrogens (tertiary/aromatic N) is 1. The number of carbonyl (C=O) groups excluding carboxylic acids is 3. The van der Waals surface area contributed by atoms with Gasteiger partial charge in [-0.05, 0) is 17.4 Å². The van der Waals surface area contributed by atoms with Crippen molar-refractivity contribution < 1.29 is 41.1 Å². The molecule has 1 heterocycles. The second-order valence-corrected chi connectivity index (χ2v) is 9.60. The first-order valence-corrected chi connectivity index (χ1v) is 11.6. The SMILES string of the molecule is CC(C)C(NC(=O)[C@@H]1C[C@@H](OCc2ccccc2)CN1C(=O)[C@@H](N)C(C)C)C(=O)C(F)(F)C(F)(F)F. The van der Waals surface area contributed by atoms with Crippen LogP contribution in [0.1, 0.15) is 39.7 Å². The summed E-state index contributed by atoms with van der Waals surface area (Å²) in [5.41, 5.74) is 6.81. The Morgan fingerprint density at radius 2 is 1.64 bits per heavy atom. The van der Waals surface area contributed by atoms with E-state index in [1.807, 2.05) is 23.5 Å². The number of carbonyl (C=O) groups is 3. The second-order valence-electron chi connectivity index (χ2n) is 9.60. The van der Waals surface area contributed by atoms with Crippen molar-refractivity contribution in [2.24, 2.45) is 17.6 Å². The van der Waals surface area contributed by atoms with E-state index in [-0.39, 0.29) is 25.5 Å². The van der Waals surface area contributed by atoms with Crippen molar-refractivity contribution >= 4 is 17.6 Å². The number of nitrogens with one attached hydrogen (secondary N) is 1. The predicted molar refractivity (Wildman–Crippen MR) is 121 cm³/mol. The van der Waals surface area contributed by atoms with E-state index in [9.17, 15) is 36.3 Å². The van der Waals surface area contributed by atoms with Gasteiger partial charge >= 0.3 is 12.1 Å². The normalized spacial score (nSPS) is 20.5. The van der Waals surface area contributed by atoms with Crippen LogP contribution in [0.4, 0.5) is 22.0 Å². The summed E-state index contributed by atoms with van der Waals surface area (Å²) in [6.07, 6.45) is -6.80. The third kappa shape index (κ3) is 6.78. The number of hydrogen-bond acceptors (Lipinski definition) is 5. The third-order valence-corrected chi connectivity index (χ3v) is 6.09. The van der Waals surface area contributed by atoms with Crippen LogP contribution >= 0.6 is 0 Å².